The highest BCUT2D eigenvalue weighted by atomic mass is 35.5. The van der Waals surface area contributed by atoms with Crippen molar-refractivity contribution >= 4 is 44.7 Å². The quantitative estimate of drug-likeness (QED) is 0.764. The molecule has 0 saturated carbocycles. The van der Waals surface area contributed by atoms with Gasteiger partial charge in [0.2, 0.25) is 5.56 Å². The van der Waals surface area contributed by atoms with Crippen LogP contribution in [0.2, 0.25) is 5.02 Å². The number of fused-ring (bicyclic) bond motifs is 1. The van der Waals surface area contributed by atoms with Crippen LogP contribution in [0.4, 0.5) is 5.69 Å². The maximum absolute atomic E-state index is 12.1. The Morgan fingerprint density at radius 2 is 2.20 bits per heavy atom. The highest BCUT2D eigenvalue weighted by molar-refractivity contribution is 7.16. The van der Waals surface area contributed by atoms with Crippen molar-refractivity contribution in [3.05, 3.63) is 56.9 Å². The average molecular weight is 306 g/mol. The molecule has 0 aliphatic rings. The average Bonchev–Trinajstić information content (AvgIpc) is 2.90. The van der Waals surface area contributed by atoms with E-state index in [-0.39, 0.29) is 11.1 Å². The third kappa shape index (κ3) is 2.31. The van der Waals surface area contributed by atoms with Crippen molar-refractivity contribution < 1.29 is 4.79 Å². The van der Waals surface area contributed by atoms with Gasteiger partial charge < -0.3 is 10.3 Å². The number of amides is 1. The predicted octanol–water partition coefficient (Wildman–Crippen LogP) is 2.89. The molecule has 20 heavy (non-hydrogen) atoms. The zero-order valence-electron chi connectivity index (χ0n) is 10.0. The molecule has 0 saturated heterocycles. The van der Waals surface area contributed by atoms with Crippen LogP contribution in [0.25, 0.3) is 10.2 Å². The SMILES string of the molecule is O=C(Nc1c(Cl)ccc2scnc12)c1cc[nH]c(=O)c1. The number of halogens is 1. The molecular formula is C13H8ClN3O2S. The van der Waals surface area contributed by atoms with E-state index in [4.69, 9.17) is 11.6 Å². The number of aromatic amines is 1. The number of H-pyrrole nitrogens is 1. The Morgan fingerprint density at radius 3 is 3.00 bits per heavy atom. The van der Waals surface area contributed by atoms with E-state index >= 15 is 0 Å². The molecule has 2 heterocycles. The van der Waals surface area contributed by atoms with Gasteiger partial charge in [-0.05, 0) is 18.2 Å². The van der Waals surface area contributed by atoms with Gasteiger partial charge in [-0.1, -0.05) is 11.6 Å². The number of carbonyl (C=O) groups excluding carboxylic acids is 1. The van der Waals surface area contributed by atoms with Crippen LogP contribution in [0.3, 0.4) is 0 Å². The van der Waals surface area contributed by atoms with Crippen LogP contribution < -0.4 is 10.9 Å². The van der Waals surface area contributed by atoms with E-state index in [0.29, 0.717) is 16.2 Å². The van der Waals surface area contributed by atoms with Gasteiger partial charge in [-0.15, -0.1) is 11.3 Å². The zero-order valence-corrected chi connectivity index (χ0v) is 11.6. The van der Waals surface area contributed by atoms with E-state index in [9.17, 15) is 9.59 Å². The summed E-state index contributed by atoms with van der Waals surface area (Å²) < 4.78 is 0.926. The van der Waals surface area contributed by atoms with Crippen molar-refractivity contribution in [3.8, 4) is 0 Å². The normalized spacial score (nSPS) is 10.7. The summed E-state index contributed by atoms with van der Waals surface area (Å²) in [5, 5.41) is 3.11. The molecule has 0 bridgehead atoms. The second kappa shape index (κ2) is 5.07. The van der Waals surface area contributed by atoms with Crippen LogP contribution in [-0.2, 0) is 0 Å². The van der Waals surface area contributed by atoms with Crippen LogP contribution >= 0.6 is 22.9 Å². The van der Waals surface area contributed by atoms with Gasteiger partial charge in [-0.25, -0.2) is 4.98 Å². The lowest BCUT2D eigenvalue weighted by Crippen LogP contribution is -2.16. The smallest absolute Gasteiger partial charge is 0.256 e. The molecule has 3 aromatic rings. The van der Waals surface area contributed by atoms with Crippen molar-refractivity contribution in [2.75, 3.05) is 5.32 Å². The summed E-state index contributed by atoms with van der Waals surface area (Å²) in [6, 6.07) is 6.30. The minimum absolute atomic E-state index is 0.261. The minimum atomic E-state index is -0.404. The Balaban J connectivity index is 2.01. The highest BCUT2D eigenvalue weighted by Crippen LogP contribution is 2.32. The molecular weight excluding hydrogens is 298 g/mol. The van der Waals surface area contributed by atoms with Gasteiger partial charge in [-0.3, -0.25) is 9.59 Å². The molecule has 0 aliphatic carbocycles. The van der Waals surface area contributed by atoms with Crippen molar-refractivity contribution in [2.24, 2.45) is 0 Å². The molecule has 1 amide bonds. The molecule has 0 aliphatic heterocycles. The van der Waals surface area contributed by atoms with Crippen molar-refractivity contribution in [1.82, 2.24) is 9.97 Å². The second-order valence-corrected chi connectivity index (χ2v) is 5.31. The number of benzene rings is 1. The number of pyridine rings is 1. The second-order valence-electron chi connectivity index (χ2n) is 4.02. The first-order valence-electron chi connectivity index (χ1n) is 5.67. The molecule has 5 nitrogen and oxygen atoms in total. The molecule has 7 heteroatoms. The van der Waals surface area contributed by atoms with Gasteiger partial charge in [0.25, 0.3) is 5.91 Å². The maximum atomic E-state index is 12.1. The number of rotatable bonds is 2. The van der Waals surface area contributed by atoms with Crippen LogP contribution in [0.1, 0.15) is 10.4 Å². The summed E-state index contributed by atoms with van der Waals surface area (Å²) in [5.74, 6) is -0.404. The number of anilines is 1. The third-order valence-corrected chi connectivity index (χ3v) is 3.84. The van der Waals surface area contributed by atoms with Gasteiger partial charge in [0.05, 0.1) is 20.9 Å². The van der Waals surface area contributed by atoms with Crippen LogP contribution in [0.5, 0.6) is 0 Å². The number of aromatic nitrogens is 2. The lowest BCUT2D eigenvalue weighted by atomic mass is 10.2. The summed E-state index contributed by atoms with van der Waals surface area (Å²) in [6.45, 7) is 0. The zero-order chi connectivity index (χ0) is 14.1. The summed E-state index contributed by atoms with van der Waals surface area (Å²) in [6.07, 6.45) is 1.42. The Labute approximate surface area is 122 Å². The van der Waals surface area contributed by atoms with E-state index in [1.54, 1.807) is 11.6 Å². The first-order valence-corrected chi connectivity index (χ1v) is 6.93. The fourth-order valence-corrected chi connectivity index (χ4v) is 2.68. The Morgan fingerprint density at radius 1 is 1.35 bits per heavy atom. The fraction of sp³-hybridized carbons (Fsp3) is 0. The fourth-order valence-electron chi connectivity index (χ4n) is 1.80. The van der Waals surface area contributed by atoms with Crippen molar-refractivity contribution in [1.29, 1.82) is 0 Å². The minimum Gasteiger partial charge on any atom is -0.329 e. The van der Waals surface area contributed by atoms with E-state index in [1.165, 1.54) is 29.7 Å². The van der Waals surface area contributed by atoms with E-state index in [1.807, 2.05) is 6.07 Å². The number of hydrogen-bond acceptors (Lipinski definition) is 4. The molecule has 0 radical (unpaired) electrons. The molecule has 0 unspecified atom stereocenters. The molecule has 2 N–H and O–H groups in total. The Bertz CT molecular complexity index is 856. The Hall–Kier alpha value is -2.18. The molecule has 0 atom stereocenters. The summed E-state index contributed by atoms with van der Waals surface area (Å²) in [5.41, 5.74) is 2.70. The highest BCUT2D eigenvalue weighted by Gasteiger charge is 2.13. The topological polar surface area (TPSA) is 74.8 Å². The van der Waals surface area contributed by atoms with E-state index < -0.39 is 5.91 Å². The first kappa shape index (κ1) is 12.8. The van der Waals surface area contributed by atoms with Crippen molar-refractivity contribution in [3.63, 3.8) is 0 Å². The van der Waals surface area contributed by atoms with Crippen molar-refractivity contribution in [2.45, 2.75) is 0 Å². The molecule has 3 rings (SSSR count). The lowest BCUT2D eigenvalue weighted by Gasteiger charge is -2.07. The number of hydrogen-bond donors (Lipinski definition) is 2. The lowest BCUT2D eigenvalue weighted by molar-refractivity contribution is 0.102. The summed E-state index contributed by atoms with van der Waals surface area (Å²) >= 11 is 7.56. The monoisotopic (exact) mass is 305 g/mol. The molecule has 2 aromatic heterocycles. The number of carbonyl (C=O) groups is 1. The van der Waals surface area contributed by atoms with Gasteiger partial charge >= 0.3 is 0 Å². The van der Waals surface area contributed by atoms with Crippen LogP contribution in [-0.4, -0.2) is 15.9 Å². The summed E-state index contributed by atoms with van der Waals surface area (Å²) in [4.78, 5) is 30.0. The maximum Gasteiger partial charge on any atom is 0.256 e. The number of nitrogens with one attached hydrogen (secondary N) is 2. The van der Waals surface area contributed by atoms with Gasteiger partial charge in [0.15, 0.2) is 0 Å². The summed E-state index contributed by atoms with van der Waals surface area (Å²) in [7, 11) is 0. The Kier molecular flexibility index (Phi) is 3.25. The van der Waals surface area contributed by atoms with Crippen LogP contribution in [0.15, 0.2) is 40.8 Å². The molecule has 1 aromatic carbocycles. The molecule has 100 valence electrons. The van der Waals surface area contributed by atoms with E-state index in [0.717, 1.165) is 4.70 Å². The van der Waals surface area contributed by atoms with Gasteiger partial charge in [-0.2, -0.15) is 0 Å². The standard InChI is InChI=1S/C13H8ClN3O2S/c14-8-1-2-9-12(16-6-20-9)11(8)17-13(19)7-3-4-15-10(18)5-7/h1-6H,(H,15,18)(H,17,19). The third-order valence-electron chi connectivity index (χ3n) is 2.73. The first-order chi connectivity index (χ1) is 9.65. The molecule has 0 fully saturated rings. The number of thiazole rings is 1. The largest absolute Gasteiger partial charge is 0.329 e. The van der Waals surface area contributed by atoms with Crippen LogP contribution in [0, 0.1) is 0 Å². The number of nitrogens with zero attached hydrogens (tertiary/aromatic N) is 1. The van der Waals surface area contributed by atoms with Gasteiger partial charge in [0.1, 0.15) is 5.52 Å². The van der Waals surface area contributed by atoms with E-state index in [2.05, 4.69) is 15.3 Å². The van der Waals surface area contributed by atoms with Gasteiger partial charge in [0, 0.05) is 17.8 Å². The predicted molar refractivity (Wildman–Crippen MR) is 79.6 cm³/mol. The molecule has 0 spiro atoms.